The quantitative estimate of drug-likeness (QED) is 0.219. The van der Waals surface area contributed by atoms with Gasteiger partial charge in [-0.2, -0.15) is 0 Å². The number of nitrogens with one attached hydrogen (secondary N) is 2. The molecule has 4 aromatic heterocycles. The van der Waals surface area contributed by atoms with Crippen LogP contribution < -0.4 is 0 Å². The molecule has 0 aromatic carbocycles. The van der Waals surface area contributed by atoms with Crippen molar-refractivity contribution in [3.05, 3.63) is 45.4 Å². The standard InChI is InChI=1S/C23H22Br2N6O3/c1-9-13(11(3)26-15(9)18-28-30-20(33-18)22(24)5-6-22)17(32)14-10(2)16(27-12(14)4)19-29-31-21(34-19)23(25)7-8-23/h26-27H,5-8H2,1-4H3. The number of aromatic nitrogens is 6. The highest BCUT2D eigenvalue weighted by atomic mass is 79.9. The first-order valence-corrected chi connectivity index (χ1v) is 12.7. The van der Waals surface area contributed by atoms with Crippen LogP contribution in [0.2, 0.25) is 0 Å². The van der Waals surface area contributed by atoms with E-state index in [4.69, 9.17) is 8.83 Å². The molecule has 2 saturated carbocycles. The third kappa shape index (κ3) is 3.27. The van der Waals surface area contributed by atoms with E-state index in [1.54, 1.807) is 0 Å². The molecule has 0 amide bonds. The van der Waals surface area contributed by atoms with Gasteiger partial charge in [-0.3, -0.25) is 4.79 Å². The van der Waals surface area contributed by atoms with Crippen molar-refractivity contribution in [1.29, 1.82) is 0 Å². The lowest BCUT2D eigenvalue weighted by molar-refractivity contribution is 0.103. The molecule has 2 N–H and O–H groups in total. The third-order valence-corrected chi connectivity index (χ3v) is 9.02. The minimum atomic E-state index is -0.204. The molecule has 0 radical (unpaired) electrons. The number of H-pyrrole nitrogens is 2. The molecule has 34 heavy (non-hydrogen) atoms. The first-order chi connectivity index (χ1) is 16.1. The number of aryl methyl sites for hydroxylation is 2. The van der Waals surface area contributed by atoms with E-state index in [1.807, 2.05) is 27.7 Å². The van der Waals surface area contributed by atoms with Crippen molar-refractivity contribution in [2.45, 2.75) is 62.0 Å². The number of nitrogens with zero attached hydrogens (tertiary/aromatic N) is 4. The Kier molecular flexibility index (Phi) is 4.68. The summed E-state index contributed by atoms with van der Waals surface area (Å²) in [6.07, 6.45) is 3.86. The molecule has 2 aliphatic rings. The van der Waals surface area contributed by atoms with E-state index < -0.39 is 0 Å². The summed E-state index contributed by atoms with van der Waals surface area (Å²) in [6.45, 7) is 7.54. The fourth-order valence-corrected chi connectivity index (χ4v) is 5.11. The number of carbonyl (C=O) groups excluding carboxylic acids is 1. The van der Waals surface area contributed by atoms with Crippen LogP contribution in [0.15, 0.2) is 8.83 Å². The monoisotopic (exact) mass is 588 g/mol. The molecule has 9 nitrogen and oxygen atoms in total. The van der Waals surface area contributed by atoms with Crippen molar-refractivity contribution in [1.82, 2.24) is 30.4 Å². The zero-order chi connectivity index (χ0) is 24.0. The van der Waals surface area contributed by atoms with Gasteiger partial charge >= 0.3 is 0 Å². The maximum atomic E-state index is 13.8. The van der Waals surface area contributed by atoms with Crippen molar-refractivity contribution < 1.29 is 13.6 Å². The van der Waals surface area contributed by atoms with Crippen LogP contribution in [0.3, 0.4) is 0 Å². The smallest absolute Gasteiger partial charge is 0.264 e. The Hall–Kier alpha value is -2.53. The molecule has 0 unspecified atom stereocenters. The van der Waals surface area contributed by atoms with E-state index in [0.29, 0.717) is 46.1 Å². The van der Waals surface area contributed by atoms with Crippen LogP contribution >= 0.6 is 31.9 Å². The van der Waals surface area contributed by atoms with Gasteiger partial charge in [0.15, 0.2) is 5.78 Å². The Morgan fingerprint density at radius 1 is 0.735 bits per heavy atom. The topological polar surface area (TPSA) is 126 Å². The average molecular weight is 590 g/mol. The number of rotatable bonds is 6. The van der Waals surface area contributed by atoms with E-state index in [-0.39, 0.29) is 14.4 Å². The second-order valence-electron chi connectivity index (χ2n) is 9.33. The number of alkyl halides is 2. The van der Waals surface area contributed by atoms with Gasteiger partial charge in [-0.25, -0.2) is 0 Å². The van der Waals surface area contributed by atoms with Gasteiger partial charge in [-0.15, -0.1) is 20.4 Å². The van der Waals surface area contributed by atoms with Gasteiger partial charge in [-0.05, 0) is 64.5 Å². The summed E-state index contributed by atoms with van der Waals surface area (Å²) in [6, 6.07) is 0. The zero-order valence-corrected chi connectivity index (χ0v) is 22.3. The van der Waals surface area contributed by atoms with E-state index >= 15 is 0 Å². The number of halogens is 2. The third-order valence-electron chi connectivity index (χ3n) is 6.75. The number of aromatic amines is 2. The molecular weight excluding hydrogens is 568 g/mol. The predicted molar refractivity (Wildman–Crippen MR) is 130 cm³/mol. The fourth-order valence-electron chi connectivity index (χ4n) is 4.39. The fraction of sp³-hybridized carbons (Fsp3) is 0.435. The maximum absolute atomic E-state index is 13.8. The van der Waals surface area contributed by atoms with Crippen LogP contribution in [0.5, 0.6) is 0 Å². The lowest BCUT2D eigenvalue weighted by atomic mass is 9.96. The van der Waals surface area contributed by atoms with E-state index in [9.17, 15) is 4.79 Å². The summed E-state index contributed by atoms with van der Waals surface area (Å²) in [7, 11) is 0. The van der Waals surface area contributed by atoms with Crippen LogP contribution in [0.1, 0.15) is 75.9 Å². The van der Waals surface area contributed by atoms with Crippen molar-refractivity contribution >= 4 is 37.6 Å². The molecule has 0 spiro atoms. The molecule has 0 aliphatic heterocycles. The molecule has 4 aromatic rings. The molecule has 0 saturated heterocycles. The highest BCUT2D eigenvalue weighted by molar-refractivity contribution is 9.10. The number of ketones is 1. The van der Waals surface area contributed by atoms with Crippen LogP contribution in [0.25, 0.3) is 23.2 Å². The van der Waals surface area contributed by atoms with Gasteiger partial charge in [0, 0.05) is 22.5 Å². The normalized spacial score (nSPS) is 17.8. The van der Waals surface area contributed by atoms with E-state index in [1.165, 1.54) is 0 Å². The highest BCUT2D eigenvalue weighted by Gasteiger charge is 2.48. The zero-order valence-electron chi connectivity index (χ0n) is 19.1. The van der Waals surface area contributed by atoms with Crippen molar-refractivity contribution in [2.24, 2.45) is 0 Å². The number of hydrogen-bond donors (Lipinski definition) is 2. The largest absolute Gasteiger partial charge is 0.418 e. The summed E-state index contributed by atoms with van der Waals surface area (Å²) in [4.78, 5) is 20.3. The molecule has 2 fully saturated rings. The Morgan fingerprint density at radius 3 is 1.47 bits per heavy atom. The van der Waals surface area contributed by atoms with E-state index in [2.05, 4.69) is 62.2 Å². The van der Waals surface area contributed by atoms with Gasteiger partial charge in [0.1, 0.15) is 20.0 Å². The molecule has 0 bridgehead atoms. The highest BCUT2D eigenvalue weighted by Crippen LogP contribution is 2.54. The maximum Gasteiger partial charge on any atom is 0.264 e. The summed E-state index contributed by atoms with van der Waals surface area (Å²) in [5.41, 5.74) is 5.54. The lowest BCUT2D eigenvalue weighted by Crippen LogP contribution is -2.06. The van der Waals surface area contributed by atoms with Crippen molar-refractivity contribution in [3.63, 3.8) is 0 Å². The molecule has 176 valence electrons. The molecular formula is C23H22Br2N6O3. The molecule has 2 aliphatic carbocycles. The average Bonchev–Trinajstić information content (AvgIpc) is 3.43. The van der Waals surface area contributed by atoms with Crippen LogP contribution in [0.4, 0.5) is 0 Å². The van der Waals surface area contributed by atoms with Crippen molar-refractivity contribution in [3.8, 4) is 23.2 Å². The minimum absolute atomic E-state index is 0.0900. The first kappa shape index (κ1) is 22.0. The Morgan fingerprint density at radius 2 is 1.12 bits per heavy atom. The van der Waals surface area contributed by atoms with Gasteiger partial charge in [0.05, 0.1) is 0 Å². The predicted octanol–water partition coefficient (Wildman–Crippen LogP) is 5.68. The number of carbonyl (C=O) groups is 1. The van der Waals surface area contributed by atoms with Gasteiger partial charge in [0.25, 0.3) is 11.8 Å². The summed E-state index contributed by atoms with van der Waals surface area (Å²) in [5.74, 6) is 1.81. The van der Waals surface area contributed by atoms with Gasteiger partial charge in [-0.1, -0.05) is 31.9 Å². The van der Waals surface area contributed by atoms with Gasteiger partial charge in [0.2, 0.25) is 11.8 Å². The second-order valence-corrected chi connectivity index (χ2v) is 12.4. The summed E-state index contributed by atoms with van der Waals surface area (Å²) in [5, 5.41) is 16.8. The van der Waals surface area contributed by atoms with E-state index in [0.717, 1.165) is 48.2 Å². The molecule has 0 atom stereocenters. The van der Waals surface area contributed by atoms with Crippen LogP contribution in [-0.2, 0) is 8.65 Å². The minimum Gasteiger partial charge on any atom is -0.418 e. The molecule has 4 heterocycles. The summed E-state index contributed by atoms with van der Waals surface area (Å²) < 4.78 is 11.4. The van der Waals surface area contributed by atoms with Crippen LogP contribution in [-0.4, -0.2) is 36.1 Å². The molecule has 11 heteroatoms. The van der Waals surface area contributed by atoms with Gasteiger partial charge < -0.3 is 18.8 Å². The second kappa shape index (κ2) is 7.24. The summed E-state index contributed by atoms with van der Waals surface area (Å²) >= 11 is 7.29. The lowest BCUT2D eigenvalue weighted by Gasteiger charge is -2.04. The molecule has 6 rings (SSSR count). The SMILES string of the molecule is Cc1[nH]c(-c2nnc(C3(Br)CC3)o2)c(C)c1C(=O)c1c(C)[nH]c(-c2nnc(C3(Br)CC3)o2)c1C. The van der Waals surface area contributed by atoms with Crippen LogP contribution in [0, 0.1) is 27.7 Å². The Balaban J connectivity index is 1.36. The first-order valence-electron chi connectivity index (χ1n) is 11.1. The Bertz CT molecular complexity index is 1360. The van der Waals surface area contributed by atoms with Crippen molar-refractivity contribution in [2.75, 3.05) is 0 Å². The number of hydrogen-bond acceptors (Lipinski definition) is 7. The Labute approximate surface area is 211 Å².